The Hall–Kier alpha value is -2.81. The molecule has 0 aliphatic carbocycles. The Balaban J connectivity index is 5.57. The van der Waals surface area contributed by atoms with Gasteiger partial charge < -0.3 is 19.4 Å². The van der Waals surface area contributed by atoms with E-state index in [1.54, 1.807) is 0 Å². The lowest BCUT2D eigenvalue weighted by atomic mass is 10.0. The molecule has 0 saturated heterocycles. The van der Waals surface area contributed by atoms with Gasteiger partial charge in [0.15, 0.2) is 0 Å². The van der Waals surface area contributed by atoms with Gasteiger partial charge >= 0.3 is 13.8 Å². The highest BCUT2D eigenvalue weighted by Crippen LogP contribution is 2.43. The lowest BCUT2D eigenvalue weighted by Gasteiger charge is -2.27. The van der Waals surface area contributed by atoms with Crippen LogP contribution in [0.3, 0.4) is 0 Å². The Morgan fingerprint density at radius 3 is 1.38 bits per heavy atom. The first-order valence-corrected chi connectivity index (χ1v) is 29.4. The topological polar surface area (TPSA) is 111 Å². The molecule has 0 aliphatic rings. The molecule has 0 spiro atoms. The van der Waals surface area contributed by atoms with Gasteiger partial charge in [0.05, 0.1) is 33.8 Å². The van der Waals surface area contributed by atoms with Crippen LogP contribution in [0.25, 0.3) is 0 Å². The third kappa shape index (κ3) is 49.9. The summed E-state index contributed by atoms with van der Waals surface area (Å²) in [5.41, 5.74) is 0. The van der Waals surface area contributed by atoms with E-state index in [9.17, 15) is 19.0 Å². The van der Waals surface area contributed by atoms with E-state index in [0.29, 0.717) is 23.9 Å². The molecule has 3 atom stereocenters. The molecular weight excluding hydrogens is 880 g/mol. The highest BCUT2D eigenvalue weighted by molar-refractivity contribution is 7.47. The highest BCUT2D eigenvalue weighted by atomic mass is 31.2. The second kappa shape index (κ2) is 48.8. The van der Waals surface area contributed by atoms with Crippen LogP contribution in [0.2, 0.25) is 0 Å². The van der Waals surface area contributed by atoms with Crippen LogP contribution >= 0.6 is 7.82 Å². The van der Waals surface area contributed by atoms with Crippen molar-refractivity contribution in [1.82, 2.24) is 5.32 Å². The van der Waals surface area contributed by atoms with Gasteiger partial charge in [0, 0.05) is 12.8 Å². The van der Waals surface area contributed by atoms with Gasteiger partial charge in [0.25, 0.3) is 0 Å². The number of unbranched alkanes of at least 4 members (excludes halogenated alkanes) is 21. The van der Waals surface area contributed by atoms with E-state index in [1.165, 1.54) is 122 Å². The summed E-state index contributed by atoms with van der Waals surface area (Å²) >= 11 is 0. The first-order valence-electron chi connectivity index (χ1n) is 27.9. The van der Waals surface area contributed by atoms with Crippen molar-refractivity contribution in [1.29, 1.82) is 0 Å². The first-order chi connectivity index (χ1) is 33.4. The van der Waals surface area contributed by atoms with Gasteiger partial charge in [-0.05, 0) is 89.5 Å². The second-order valence-corrected chi connectivity index (χ2v) is 21.2. The molecule has 10 heteroatoms. The van der Waals surface area contributed by atoms with E-state index >= 15 is 0 Å². The summed E-state index contributed by atoms with van der Waals surface area (Å²) in [6, 6.07) is -0.903. The summed E-state index contributed by atoms with van der Waals surface area (Å²) in [6.07, 6.45) is 63.2. The fourth-order valence-electron chi connectivity index (χ4n) is 7.45. The molecule has 0 heterocycles. The van der Waals surface area contributed by atoms with Gasteiger partial charge in [-0.2, -0.15) is 0 Å². The molecular formula is C59H106N2O7P+. The van der Waals surface area contributed by atoms with Gasteiger partial charge in [0.1, 0.15) is 19.3 Å². The van der Waals surface area contributed by atoms with Crippen molar-refractivity contribution < 1.29 is 37.3 Å². The number of nitrogens with zero attached hydrogens (tertiary/aromatic N) is 1. The number of hydrogen-bond acceptors (Lipinski definition) is 6. The maximum Gasteiger partial charge on any atom is 0.472 e. The smallest absolute Gasteiger partial charge is 0.456 e. The Morgan fingerprint density at radius 2 is 0.899 bits per heavy atom. The number of phosphoric acid groups is 1. The highest BCUT2D eigenvalue weighted by Gasteiger charge is 2.30. The molecule has 0 aromatic rings. The van der Waals surface area contributed by atoms with Crippen LogP contribution in [0, 0.1) is 0 Å². The molecule has 0 aromatic heterocycles. The minimum Gasteiger partial charge on any atom is -0.456 e. The van der Waals surface area contributed by atoms with Gasteiger partial charge in [-0.25, -0.2) is 4.57 Å². The maximum atomic E-state index is 13.4. The molecule has 398 valence electrons. The summed E-state index contributed by atoms with van der Waals surface area (Å²) in [6.45, 7) is 6.88. The average Bonchev–Trinajstić information content (AvgIpc) is 3.31. The van der Waals surface area contributed by atoms with E-state index in [-0.39, 0.29) is 32.0 Å². The number of ether oxygens (including phenoxy) is 1. The zero-order valence-electron chi connectivity index (χ0n) is 45.3. The number of esters is 1. The van der Waals surface area contributed by atoms with Crippen molar-refractivity contribution in [3.63, 3.8) is 0 Å². The van der Waals surface area contributed by atoms with Crippen LogP contribution in [0.1, 0.15) is 226 Å². The third-order valence-electron chi connectivity index (χ3n) is 11.8. The molecule has 0 rings (SSSR count). The largest absolute Gasteiger partial charge is 0.472 e. The van der Waals surface area contributed by atoms with E-state index in [1.807, 2.05) is 39.4 Å². The van der Waals surface area contributed by atoms with Crippen molar-refractivity contribution in [2.75, 3.05) is 40.9 Å². The number of amides is 1. The number of allylic oxidation sites excluding steroid dienone is 13. The van der Waals surface area contributed by atoms with Crippen molar-refractivity contribution in [3.8, 4) is 0 Å². The fourth-order valence-corrected chi connectivity index (χ4v) is 8.19. The van der Waals surface area contributed by atoms with Gasteiger partial charge in [0.2, 0.25) is 5.91 Å². The fraction of sp³-hybridized carbons (Fsp3) is 0.729. The van der Waals surface area contributed by atoms with Crippen LogP contribution in [-0.2, 0) is 27.9 Å². The zero-order valence-corrected chi connectivity index (χ0v) is 46.2. The van der Waals surface area contributed by atoms with E-state index in [0.717, 1.165) is 57.8 Å². The molecule has 0 aromatic carbocycles. The first kappa shape index (κ1) is 66.2. The van der Waals surface area contributed by atoms with Crippen molar-refractivity contribution in [3.05, 3.63) is 85.1 Å². The van der Waals surface area contributed by atoms with Gasteiger partial charge in [-0.15, -0.1) is 0 Å². The monoisotopic (exact) mass is 986 g/mol. The summed E-state index contributed by atoms with van der Waals surface area (Å²) < 4.78 is 30.5. The molecule has 1 amide bonds. The van der Waals surface area contributed by atoms with Gasteiger partial charge in [-0.1, -0.05) is 209 Å². The number of nitrogens with one attached hydrogen (secondary N) is 1. The SMILES string of the molecule is CCCCC/C=C\C/C=C\C/C=C\C/C=C\CCCC(=O)OC(/C=C/CCCCCCCCCCCCC)C(COP(=O)(O)OCC[N+](C)(C)C)NC(=O)CC/C=C/C/C=C\CCCCCCCC. The Morgan fingerprint density at radius 1 is 0.507 bits per heavy atom. The number of carbonyl (C=O) groups is 2. The summed E-state index contributed by atoms with van der Waals surface area (Å²) in [5, 5.41) is 2.99. The molecule has 69 heavy (non-hydrogen) atoms. The quantitative estimate of drug-likeness (QED) is 0.0205. The molecule has 0 saturated carbocycles. The summed E-state index contributed by atoms with van der Waals surface area (Å²) in [5.74, 6) is -0.653. The van der Waals surface area contributed by atoms with Crippen LogP contribution < -0.4 is 5.32 Å². The molecule has 2 N–H and O–H groups in total. The minimum atomic E-state index is -4.47. The number of carbonyl (C=O) groups excluding carboxylic acids is 2. The Kier molecular flexibility index (Phi) is 46.8. The number of hydrogen-bond donors (Lipinski definition) is 2. The molecule has 0 bridgehead atoms. The molecule has 0 fully saturated rings. The summed E-state index contributed by atoms with van der Waals surface area (Å²) in [7, 11) is 1.43. The normalized spacial score (nSPS) is 14.5. The molecule has 9 nitrogen and oxygen atoms in total. The van der Waals surface area contributed by atoms with Crippen molar-refractivity contribution >= 4 is 19.7 Å². The summed E-state index contributed by atoms with van der Waals surface area (Å²) in [4.78, 5) is 37.5. The van der Waals surface area contributed by atoms with Crippen molar-refractivity contribution in [2.24, 2.45) is 0 Å². The van der Waals surface area contributed by atoms with E-state index < -0.39 is 25.9 Å². The Bertz CT molecular complexity index is 1460. The van der Waals surface area contributed by atoms with Crippen LogP contribution in [0.4, 0.5) is 0 Å². The van der Waals surface area contributed by atoms with E-state index in [2.05, 4.69) is 92.9 Å². The molecule has 3 unspecified atom stereocenters. The standard InChI is InChI=1S/C59H105N2O7P/c1-7-10-13-16-19-22-25-28-29-30-31-34-37-40-43-46-49-52-59(63)68-57(50-47-44-41-38-35-32-26-23-20-17-14-11-8-2)56(55-67-69(64,65)66-54-53-61(4,5)6)60-58(62)51-48-45-42-39-36-33-27-24-21-18-15-12-9-3/h19,22,28-29,31,33-34,36,40,42-43,45,47,50,56-57H,7-18,20-21,23-27,30,32,35,37-39,41,44,46,48-49,51-55H2,1-6H3,(H-,60,62,64,65)/p+1/b22-19-,29-28-,34-31-,36-33-,43-40-,45-42+,50-47+. The number of rotatable bonds is 49. The number of quaternary nitrogens is 1. The zero-order chi connectivity index (χ0) is 50.8. The third-order valence-corrected chi connectivity index (χ3v) is 12.8. The van der Waals surface area contributed by atoms with E-state index in [4.69, 9.17) is 13.8 Å². The van der Waals surface area contributed by atoms with Crippen molar-refractivity contribution in [2.45, 2.75) is 238 Å². The second-order valence-electron chi connectivity index (χ2n) is 19.7. The lowest BCUT2D eigenvalue weighted by Crippen LogP contribution is -2.47. The van der Waals surface area contributed by atoms with Crippen LogP contribution in [0.5, 0.6) is 0 Å². The van der Waals surface area contributed by atoms with Crippen LogP contribution in [0.15, 0.2) is 85.1 Å². The molecule has 0 aliphatic heterocycles. The predicted molar refractivity (Wildman–Crippen MR) is 295 cm³/mol. The Labute approximate surface area is 425 Å². The molecule has 0 radical (unpaired) electrons. The maximum absolute atomic E-state index is 13.4. The van der Waals surface area contributed by atoms with Crippen LogP contribution in [-0.4, -0.2) is 74.3 Å². The predicted octanol–water partition coefficient (Wildman–Crippen LogP) is 16.7. The number of likely N-dealkylation sites (N-methyl/N-ethyl adjacent to an activating group) is 1. The average molecular weight is 986 g/mol. The number of phosphoric ester groups is 1. The van der Waals surface area contributed by atoms with Gasteiger partial charge in [-0.3, -0.25) is 18.6 Å². The lowest BCUT2D eigenvalue weighted by molar-refractivity contribution is -0.870. The minimum absolute atomic E-state index is 0.0194.